The van der Waals surface area contributed by atoms with E-state index in [-0.39, 0.29) is 26.2 Å². The van der Waals surface area contributed by atoms with E-state index in [1.807, 2.05) is 0 Å². The van der Waals surface area contributed by atoms with Crippen LogP contribution in [0, 0.1) is 0 Å². The van der Waals surface area contributed by atoms with Gasteiger partial charge in [-0.2, -0.15) is 0 Å². The van der Waals surface area contributed by atoms with E-state index >= 15 is 0 Å². The predicted molar refractivity (Wildman–Crippen MR) is 78.4 cm³/mol. The summed E-state index contributed by atoms with van der Waals surface area (Å²) in [6, 6.07) is 7.35. The molecule has 6 heteroatoms. The highest BCUT2D eigenvalue weighted by atomic mass is 35.5. The minimum Gasteiger partial charge on any atom is -0.497 e. The predicted octanol–water partition coefficient (Wildman–Crippen LogP) is 6.26. The van der Waals surface area contributed by atoms with Gasteiger partial charge in [-0.05, 0) is 29.8 Å². The molecule has 2 aromatic carbocycles. The zero-order chi connectivity index (χ0) is 14.9. The van der Waals surface area contributed by atoms with Gasteiger partial charge in [0.2, 0.25) is 0 Å². The van der Waals surface area contributed by atoms with Crippen molar-refractivity contribution in [3.8, 4) is 16.9 Å². The Labute approximate surface area is 130 Å². The molecule has 20 heavy (non-hydrogen) atoms. The Kier molecular flexibility index (Phi) is 4.74. The average molecular weight is 338 g/mol. The molecule has 0 fully saturated rings. The quantitative estimate of drug-likeness (QED) is 0.601. The van der Waals surface area contributed by atoms with Crippen LogP contribution in [-0.4, -0.2) is 7.11 Å². The molecule has 0 saturated carbocycles. The third-order valence-electron chi connectivity index (χ3n) is 2.81. The minimum atomic E-state index is -2.69. The molecular weight excluding hydrogens is 329 g/mol. The summed E-state index contributed by atoms with van der Waals surface area (Å²) in [6.07, 6.45) is -2.69. The van der Waals surface area contributed by atoms with E-state index in [1.165, 1.54) is 31.4 Å². The first kappa shape index (κ1) is 15.4. The van der Waals surface area contributed by atoms with Crippen LogP contribution in [0.5, 0.6) is 5.75 Å². The van der Waals surface area contributed by atoms with E-state index in [9.17, 15) is 8.78 Å². The number of rotatable bonds is 3. The van der Waals surface area contributed by atoms with Crippen molar-refractivity contribution in [2.45, 2.75) is 6.43 Å². The lowest BCUT2D eigenvalue weighted by Gasteiger charge is -2.14. The molecule has 0 N–H and O–H groups in total. The van der Waals surface area contributed by atoms with Gasteiger partial charge in [0.05, 0.1) is 22.2 Å². The lowest BCUT2D eigenvalue weighted by atomic mass is 9.99. The van der Waals surface area contributed by atoms with Gasteiger partial charge in [-0.25, -0.2) is 8.78 Å². The summed E-state index contributed by atoms with van der Waals surface area (Å²) in [4.78, 5) is 0. The maximum atomic E-state index is 13.2. The lowest BCUT2D eigenvalue weighted by Crippen LogP contribution is -1.94. The molecular formula is C14H9Cl3F2O. The Morgan fingerprint density at radius 2 is 1.65 bits per heavy atom. The highest BCUT2D eigenvalue weighted by Crippen LogP contribution is 2.43. The number of hydrogen-bond donors (Lipinski definition) is 0. The van der Waals surface area contributed by atoms with Gasteiger partial charge in [0.25, 0.3) is 6.43 Å². The van der Waals surface area contributed by atoms with E-state index in [0.717, 1.165) is 0 Å². The first-order chi connectivity index (χ1) is 9.45. The Bertz CT molecular complexity index is 645. The van der Waals surface area contributed by atoms with E-state index in [1.54, 1.807) is 6.07 Å². The summed E-state index contributed by atoms with van der Waals surface area (Å²) >= 11 is 18.1. The molecule has 0 radical (unpaired) electrons. The molecule has 0 unspecified atom stereocenters. The SMILES string of the molecule is COc1ccc(-c2c(Cl)ccc(Cl)c2Cl)c(C(F)F)c1. The number of hydrogen-bond acceptors (Lipinski definition) is 1. The Balaban J connectivity index is 2.73. The Morgan fingerprint density at radius 1 is 1.00 bits per heavy atom. The van der Waals surface area contributed by atoms with Crippen LogP contribution in [0.3, 0.4) is 0 Å². The van der Waals surface area contributed by atoms with Gasteiger partial charge in [-0.15, -0.1) is 0 Å². The van der Waals surface area contributed by atoms with Crippen molar-refractivity contribution in [3.05, 3.63) is 51.0 Å². The maximum Gasteiger partial charge on any atom is 0.264 e. The number of alkyl halides is 2. The molecule has 0 atom stereocenters. The summed E-state index contributed by atoms with van der Waals surface area (Å²) in [6.45, 7) is 0. The number of ether oxygens (including phenoxy) is 1. The zero-order valence-corrected chi connectivity index (χ0v) is 12.5. The molecule has 0 aliphatic carbocycles. The highest BCUT2D eigenvalue weighted by Gasteiger charge is 2.20. The topological polar surface area (TPSA) is 9.23 Å². The highest BCUT2D eigenvalue weighted by molar-refractivity contribution is 6.46. The van der Waals surface area contributed by atoms with Gasteiger partial charge in [0.15, 0.2) is 0 Å². The van der Waals surface area contributed by atoms with Crippen LogP contribution in [-0.2, 0) is 0 Å². The van der Waals surface area contributed by atoms with Crippen LogP contribution in [0.15, 0.2) is 30.3 Å². The van der Waals surface area contributed by atoms with Gasteiger partial charge >= 0.3 is 0 Å². The van der Waals surface area contributed by atoms with E-state index in [4.69, 9.17) is 39.5 Å². The van der Waals surface area contributed by atoms with Gasteiger partial charge < -0.3 is 4.74 Å². The molecule has 0 saturated heterocycles. The fourth-order valence-electron chi connectivity index (χ4n) is 1.85. The Hall–Kier alpha value is -1.03. The third-order valence-corrected chi connectivity index (χ3v) is 3.93. The third kappa shape index (κ3) is 2.85. The number of halogens is 5. The van der Waals surface area contributed by atoms with Crippen LogP contribution < -0.4 is 4.74 Å². The lowest BCUT2D eigenvalue weighted by molar-refractivity contribution is 0.151. The van der Waals surface area contributed by atoms with Crippen LogP contribution in [0.25, 0.3) is 11.1 Å². The minimum absolute atomic E-state index is 0.145. The van der Waals surface area contributed by atoms with Crippen molar-refractivity contribution < 1.29 is 13.5 Å². The fraction of sp³-hybridized carbons (Fsp3) is 0.143. The summed E-state index contributed by atoms with van der Waals surface area (Å²) in [7, 11) is 1.41. The van der Waals surface area contributed by atoms with Gasteiger partial charge in [0, 0.05) is 11.1 Å². The second-order valence-corrected chi connectivity index (χ2v) is 5.16. The van der Waals surface area contributed by atoms with Crippen LogP contribution in [0.1, 0.15) is 12.0 Å². The van der Waals surface area contributed by atoms with Crippen molar-refractivity contribution in [1.82, 2.24) is 0 Å². The second kappa shape index (κ2) is 6.17. The average Bonchev–Trinajstić information content (AvgIpc) is 2.43. The van der Waals surface area contributed by atoms with Crippen molar-refractivity contribution >= 4 is 34.8 Å². The molecule has 0 heterocycles. The molecule has 0 spiro atoms. The molecule has 106 valence electrons. The summed E-state index contributed by atoms with van der Waals surface area (Å²) in [5, 5.41) is 0.653. The zero-order valence-electron chi connectivity index (χ0n) is 10.3. The molecule has 0 aliphatic heterocycles. The fourth-order valence-corrected chi connectivity index (χ4v) is 2.58. The second-order valence-electron chi connectivity index (χ2n) is 3.97. The van der Waals surface area contributed by atoms with Crippen LogP contribution in [0.2, 0.25) is 15.1 Å². The van der Waals surface area contributed by atoms with Crippen molar-refractivity contribution in [1.29, 1.82) is 0 Å². The summed E-state index contributed by atoms with van der Waals surface area (Å²) in [5.74, 6) is 0.332. The monoisotopic (exact) mass is 336 g/mol. The van der Waals surface area contributed by atoms with Crippen molar-refractivity contribution in [2.24, 2.45) is 0 Å². The summed E-state index contributed by atoms with van der Waals surface area (Å²) in [5.41, 5.74) is 0.313. The van der Waals surface area contributed by atoms with E-state index in [0.29, 0.717) is 11.3 Å². The molecule has 2 aromatic rings. The first-order valence-corrected chi connectivity index (χ1v) is 6.69. The molecule has 2 rings (SSSR count). The Morgan fingerprint density at radius 3 is 2.25 bits per heavy atom. The van der Waals surface area contributed by atoms with Gasteiger partial charge in [-0.1, -0.05) is 40.9 Å². The normalized spacial score (nSPS) is 10.9. The molecule has 0 aromatic heterocycles. The van der Waals surface area contributed by atoms with E-state index < -0.39 is 6.43 Å². The standard InChI is InChI=1S/C14H9Cl3F2O/c1-20-7-2-3-8(9(6-7)14(18)19)12-10(15)4-5-11(16)13(12)17/h2-6,14H,1H3. The summed E-state index contributed by atoms with van der Waals surface area (Å²) < 4.78 is 31.4. The number of benzene rings is 2. The molecule has 1 nitrogen and oxygen atoms in total. The maximum absolute atomic E-state index is 13.2. The van der Waals surface area contributed by atoms with Crippen LogP contribution in [0.4, 0.5) is 8.78 Å². The van der Waals surface area contributed by atoms with Crippen LogP contribution >= 0.6 is 34.8 Å². The molecule has 0 bridgehead atoms. The van der Waals surface area contributed by atoms with Gasteiger partial charge in [0.1, 0.15) is 5.75 Å². The molecule has 0 amide bonds. The number of methoxy groups -OCH3 is 1. The van der Waals surface area contributed by atoms with Crippen molar-refractivity contribution in [2.75, 3.05) is 7.11 Å². The van der Waals surface area contributed by atoms with Gasteiger partial charge in [-0.3, -0.25) is 0 Å². The smallest absolute Gasteiger partial charge is 0.264 e. The van der Waals surface area contributed by atoms with Crippen molar-refractivity contribution in [3.63, 3.8) is 0 Å². The first-order valence-electron chi connectivity index (χ1n) is 5.55. The molecule has 0 aliphatic rings. The largest absolute Gasteiger partial charge is 0.497 e. The van der Waals surface area contributed by atoms with E-state index in [2.05, 4.69) is 0 Å².